The standard InChI is InChI=1S/C10H13NO3S/c1-8-4-2-3-5-10(8)15(13,14)11-6-9(12)7-11/h2-5,9,12H,6-7H2,1H3. The maximum absolute atomic E-state index is 12.0. The highest BCUT2D eigenvalue weighted by molar-refractivity contribution is 7.89. The van der Waals surface area contributed by atoms with Gasteiger partial charge in [-0.05, 0) is 18.6 Å². The van der Waals surface area contributed by atoms with Gasteiger partial charge in [-0.1, -0.05) is 18.2 Å². The van der Waals surface area contributed by atoms with Gasteiger partial charge in [0.25, 0.3) is 0 Å². The van der Waals surface area contributed by atoms with Crippen molar-refractivity contribution in [3.63, 3.8) is 0 Å². The van der Waals surface area contributed by atoms with E-state index in [-0.39, 0.29) is 13.1 Å². The van der Waals surface area contributed by atoms with Crippen molar-refractivity contribution in [3.8, 4) is 0 Å². The third kappa shape index (κ3) is 1.78. The minimum Gasteiger partial charge on any atom is -0.390 e. The largest absolute Gasteiger partial charge is 0.390 e. The summed E-state index contributed by atoms with van der Waals surface area (Å²) in [6, 6.07) is 6.87. The predicted molar refractivity (Wildman–Crippen MR) is 55.9 cm³/mol. The number of aliphatic hydroxyl groups is 1. The SMILES string of the molecule is Cc1ccccc1S(=O)(=O)N1CC(O)C1. The first kappa shape index (κ1) is 10.6. The van der Waals surface area contributed by atoms with Crippen molar-refractivity contribution in [2.24, 2.45) is 0 Å². The molecule has 0 aliphatic carbocycles. The van der Waals surface area contributed by atoms with Gasteiger partial charge < -0.3 is 5.11 Å². The van der Waals surface area contributed by atoms with Gasteiger partial charge in [-0.15, -0.1) is 0 Å². The molecule has 2 rings (SSSR count). The summed E-state index contributed by atoms with van der Waals surface area (Å²) in [7, 11) is -3.39. The monoisotopic (exact) mass is 227 g/mol. The quantitative estimate of drug-likeness (QED) is 0.793. The lowest BCUT2D eigenvalue weighted by atomic mass is 10.2. The average Bonchev–Trinajstić information content (AvgIpc) is 2.13. The zero-order chi connectivity index (χ0) is 11.1. The molecule has 4 nitrogen and oxygen atoms in total. The molecule has 1 fully saturated rings. The summed E-state index contributed by atoms with van der Waals surface area (Å²) in [5, 5.41) is 9.09. The Morgan fingerprint density at radius 1 is 1.33 bits per heavy atom. The summed E-state index contributed by atoms with van der Waals surface area (Å²) in [4.78, 5) is 0.330. The van der Waals surface area contributed by atoms with Crippen LogP contribution in [0.5, 0.6) is 0 Å². The molecule has 5 heteroatoms. The molecule has 1 aliphatic heterocycles. The summed E-state index contributed by atoms with van der Waals surface area (Å²) in [5.74, 6) is 0. The topological polar surface area (TPSA) is 57.6 Å². The molecule has 0 spiro atoms. The molecular weight excluding hydrogens is 214 g/mol. The molecule has 1 aliphatic rings. The van der Waals surface area contributed by atoms with Crippen LogP contribution in [0.25, 0.3) is 0 Å². The Morgan fingerprint density at radius 3 is 2.47 bits per heavy atom. The molecule has 1 N–H and O–H groups in total. The first-order valence-corrected chi connectivity index (χ1v) is 6.19. The van der Waals surface area contributed by atoms with Crippen LogP contribution in [0.4, 0.5) is 0 Å². The van der Waals surface area contributed by atoms with Crippen LogP contribution in [0.3, 0.4) is 0 Å². The minimum atomic E-state index is -3.39. The average molecular weight is 227 g/mol. The van der Waals surface area contributed by atoms with Crippen LogP contribution in [0.1, 0.15) is 5.56 Å². The van der Waals surface area contributed by atoms with Crippen LogP contribution in [0.15, 0.2) is 29.2 Å². The van der Waals surface area contributed by atoms with Crippen LogP contribution in [-0.4, -0.2) is 37.0 Å². The smallest absolute Gasteiger partial charge is 0.243 e. The molecule has 0 atom stereocenters. The third-order valence-corrected chi connectivity index (χ3v) is 4.53. The molecule has 82 valence electrons. The molecule has 0 bridgehead atoms. The summed E-state index contributed by atoms with van der Waals surface area (Å²) in [6.45, 7) is 2.18. The number of β-amino-alcohol motifs (C(OH)–C–C–N with tert-alkyl or cyclic N) is 1. The maximum Gasteiger partial charge on any atom is 0.243 e. The van der Waals surface area contributed by atoms with Gasteiger partial charge in [-0.3, -0.25) is 0 Å². The first-order valence-electron chi connectivity index (χ1n) is 4.75. The number of aliphatic hydroxyl groups excluding tert-OH is 1. The molecule has 0 saturated carbocycles. The second-order valence-corrected chi connectivity index (χ2v) is 5.65. The van der Waals surface area contributed by atoms with E-state index < -0.39 is 16.1 Å². The van der Waals surface area contributed by atoms with Crippen molar-refractivity contribution in [1.82, 2.24) is 4.31 Å². The van der Waals surface area contributed by atoms with Crippen molar-refractivity contribution < 1.29 is 13.5 Å². The van der Waals surface area contributed by atoms with Gasteiger partial charge in [-0.2, -0.15) is 4.31 Å². The van der Waals surface area contributed by atoms with E-state index >= 15 is 0 Å². The van der Waals surface area contributed by atoms with Gasteiger partial charge in [0.15, 0.2) is 0 Å². The lowest BCUT2D eigenvalue weighted by molar-refractivity contribution is 0.0547. The Kier molecular flexibility index (Phi) is 2.54. The molecular formula is C10H13NO3S. The number of nitrogens with zero attached hydrogens (tertiary/aromatic N) is 1. The van der Waals surface area contributed by atoms with Gasteiger partial charge >= 0.3 is 0 Å². The fourth-order valence-corrected chi connectivity index (χ4v) is 3.34. The lowest BCUT2D eigenvalue weighted by Gasteiger charge is -2.34. The van der Waals surface area contributed by atoms with Crippen molar-refractivity contribution in [3.05, 3.63) is 29.8 Å². The van der Waals surface area contributed by atoms with E-state index in [1.54, 1.807) is 31.2 Å². The fraction of sp³-hybridized carbons (Fsp3) is 0.400. The van der Waals surface area contributed by atoms with Gasteiger partial charge in [-0.25, -0.2) is 8.42 Å². The minimum absolute atomic E-state index is 0.205. The first-order chi connectivity index (χ1) is 7.01. The number of sulfonamides is 1. The Morgan fingerprint density at radius 2 is 1.93 bits per heavy atom. The highest BCUT2D eigenvalue weighted by atomic mass is 32.2. The molecule has 15 heavy (non-hydrogen) atoms. The number of rotatable bonds is 2. The summed E-state index contributed by atoms with van der Waals surface area (Å²) in [5.41, 5.74) is 0.735. The summed E-state index contributed by atoms with van der Waals surface area (Å²) in [6.07, 6.45) is -0.510. The molecule has 0 unspecified atom stereocenters. The number of benzene rings is 1. The Bertz CT molecular complexity index is 463. The zero-order valence-corrected chi connectivity index (χ0v) is 9.24. The van der Waals surface area contributed by atoms with Gasteiger partial charge in [0.2, 0.25) is 10.0 Å². The van der Waals surface area contributed by atoms with E-state index in [0.717, 1.165) is 5.56 Å². The zero-order valence-electron chi connectivity index (χ0n) is 8.42. The molecule has 1 aromatic rings. The predicted octanol–water partition coefficient (Wildman–Crippen LogP) is 0.360. The normalized spacial score (nSPS) is 18.8. The maximum atomic E-state index is 12.0. The van der Waals surface area contributed by atoms with Crippen molar-refractivity contribution in [2.45, 2.75) is 17.9 Å². The lowest BCUT2D eigenvalue weighted by Crippen LogP contribution is -2.53. The van der Waals surface area contributed by atoms with E-state index in [4.69, 9.17) is 5.11 Å². The van der Waals surface area contributed by atoms with Crippen molar-refractivity contribution >= 4 is 10.0 Å². The van der Waals surface area contributed by atoms with E-state index in [1.165, 1.54) is 4.31 Å². The molecule has 1 aromatic carbocycles. The second kappa shape index (κ2) is 3.59. The summed E-state index contributed by atoms with van der Waals surface area (Å²) < 4.78 is 25.3. The van der Waals surface area contributed by atoms with E-state index in [9.17, 15) is 8.42 Å². The van der Waals surface area contributed by atoms with E-state index in [2.05, 4.69) is 0 Å². The van der Waals surface area contributed by atoms with Crippen LogP contribution >= 0.6 is 0 Å². The molecule has 0 aromatic heterocycles. The Hall–Kier alpha value is -0.910. The molecule has 1 heterocycles. The van der Waals surface area contributed by atoms with E-state index in [0.29, 0.717) is 4.90 Å². The van der Waals surface area contributed by atoms with E-state index in [1.807, 2.05) is 0 Å². The van der Waals surface area contributed by atoms with Crippen molar-refractivity contribution in [2.75, 3.05) is 13.1 Å². The van der Waals surface area contributed by atoms with Crippen molar-refractivity contribution in [1.29, 1.82) is 0 Å². The highest BCUT2D eigenvalue weighted by Gasteiger charge is 2.35. The van der Waals surface area contributed by atoms with Crippen LogP contribution < -0.4 is 0 Å². The number of hydrogen-bond acceptors (Lipinski definition) is 3. The van der Waals surface area contributed by atoms with Gasteiger partial charge in [0.05, 0.1) is 11.0 Å². The van der Waals surface area contributed by atoms with Crippen LogP contribution in [-0.2, 0) is 10.0 Å². The second-order valence-electron chi connectivity index (χ2n) is 3.74. The number of hydrogen-bond donors (Lipinski definition) is 1. The highest BCUT2D eigenvalue weighted by Crippen LogP contribution is 2.23. The molecule has 0 amide bonds. The van der Waals surface area contributed by atoms with Gasteiger partial charge in [0, 0.05) is 13.1 Å². The Labute approximate surface area is 89.2 Å². The summed E-state index contributed by atoms with van der Waals surface area (Å²) >= 11 is 0. The Balaban J connectivity index is 2.35. The van der Waals surface area contributed by atoms with Gasteiger partial charge in [0.1, 0.15) is 0 Å². The van der Waals surface area contributed by atoms with Crippen LogP contribution in [0, 0.1) is 6.92 Å². The third-order valence-electron chi connectivity index (χ3n) is 2.54. The van der Waals surface area contributed by atoms with Crippen LogP contribution in [0.2, 0.25) is 0 Å². The molecule has 0 radical (unpaired) electrons. The molecule has 1 saturated heterocycles. The number of aryl methyl sites for hydroxylation is 1. The fourth-order valence-electron chi connectivity index (χ4n) is 1.60.